The molecule has 6 nitrogen and oxygen atoms in total. The van der Waals surface area contributed by atoms with Crippen LogP contribution in [0.25, 0.3) is 0 Å². The Morgan fingerprint density at radius 2 is 1.63 bits per heavy atom. The Labute approximate surface area is 178 Å². The highest BCUT2D eigenvalue weighted by molar-refractivity contribution is 7.89. The van der Waals surface area contributed by atoms with Crippen LogP contribution < -0.4 is 0 Å². The van der Waals surface area contributed by atoms with Crippen LogP contribution >= 0.6 is 0 Å². The molecule has 1 amide bonds. The topological polar surface area (TPSA) is 81.5 Å². The van der Waals surface area contributed by atoms with Crippen LogP contribution in [0.5, 0.6) is 0 Å². The molecule has 0 spiro atoms. The summed E-state index contributed by atoms with van der Waals surface area (Å²) in [6.45, 7) is 3.29. The number of amides is 1. The predicted octanol–water partition coefficient (Wildman–Crippen LogP) is 3.18. The Kier molecular flexibility index (Phi) is 6.91. The van der Waals surface area contributed by atoms with E-state index in [1.807, 2.05) is 6.07 Å². The average Bonchev–Trinajstić information content (AvgIpc) is 2.79. The van der Waals surface area contributed by atoms with E-state index in [0.29, 0.717) is 38.0 Å². The molecule has 0 aromatic heterocycles. The number of aryl methyl sites for hydroxylation is 1. The monoisotopic (exact) mass is 425 g/mol. The molecule has 158 valence electrons. The van der Waals surface area contributed by atoms with Crippen LogP contribution in [0.4, 0.5) is 0 Å². The second-order valence-electron chi connectivity index (χ2n) is 7.68. The third-order valence-electron chi connectivity index (χ3n) is 5.65. The van der Waals surface area contributed by atoms with Gasteiger partial charge in [0.2, 0.25) is 15.9 Å². The zero-order valence-corrected chi connectivity index (χ0v) is 18.2. The second-order valence-corrected chi connectivity index (χ2v) is 9.62. The van der Waals surface area contributed by atoms with Crippen molar-refractivity contribution < 1.29 is 13.2 Å². The van der Waals surface area contributed by atoms with Crippen molar-refractivity contribution in [1.29, 1.82) is 5.26 Å². The molecule has 2 aromatic rings. The van der Waals surface area contributed by atoms with E-state index < -0.39 is 10.0 Å². The molecule has 7 heteroatoms. The van der Waals surface area contributed by atoms with Crippen LogP contribution in [0.3, 0.4) is 0 Å². The number of rotatable bonds is 6. The van der Waals surface area contributed by atoms with Gasteiger partial charge in [-0.1, -0.05) is 31.2 Å². The zero-order chi connectivity index (χ0) is 21.7. The van der Waals surface area contributed by atoms with E-state index in [9.17, 15) is 13.2 Å². The molecule has 3 rings (SSSR count). The minimum absolute atomic E-state index is 0.0602. The number of benzene rings is 2. The lowest BCUT2D eigenvalue weighted by atomic mass is 9.96. The maximum atomic E-state index is 12.8. The average molecular weight is 426 g/mol. The smallest absolute Gasteiger partial charge is 0.243 e. The first-order chi connectivity index (χ1) is 14.3. The number of nitriles is 1. The Morgan fingerprint density at radius 1 is 1.07 bits per heavy atom. The largest absolute Gasteiger partial charge is 0.341 e. The molecule has 1 heterocycles. The Bertz CT molecular complexity index is 1020. The molecule has 0 unspecified atom stereocenters. The highest BCUT2D eigenvalue weighted by atomic mass is 32.2. The molecule has 1 fully saturated rings. The molecular formula is C23H27N3O3S. The van der Waals surface area contributed by atoms with Crippen LogP contribution in [-0.4, -0.2) is 43.7 Å². The van der Waals surface area contributed by atoms with E-state index in [1.54, 1.807) is 11.9 Å². The van der Waals surface area contributed by atoms with Crippen molar-refractivity contribution in [3.05, 3.63) is 65.2 Å². The van der Waals surface area contributed by atoms with Gasteiger partial charge in [0.05, 0.1) is 16.5 Å². The number of carbonyl (C=O) groups is 1. The van der Waals surface area contributed by atoms with Crippen LogP contribution in [-0.2, 0) is 27.8 Å². The van der Waals surface area contributed by atoms with Gasteiger partial charge in [-0.25, -0.2) is 8.42 Å². The van der Waals surface area contributed by atoms with Crippen LogP contribution in [0.2, 0.25) is 0 Å². The summed E-state index contributed by atoms with van der Waals surface area (Å²) >= 11 is 0. The summed E-state index contributed by atoms with van der Waals surface area (Å²) in [5.74, 6) is -0.109. The van der Waals surface area contributed by atoms with Gasteiger partial charge in [0, 0.05) is 32.6 Å². The van der Waals surface area contributed by atoms with Gasteiger partial charge >= 0.3 is 0 Å². The fourth-order valence-corrected chi connectivity index (χ4v) is 5.21. The van der Waals surface area contributed by atoms with E-state index in [-0.39, 0.29) is 16.7 Å². The van der Waals surface area contributed by atoms with Gasteiger partial charge in [0.1, 0.15) is 0 Å². The summed E-state index contributed by atoms with van der Waals surface area (Å²) in [5, 5.41) is 8.88. The van der Waals surface area contributed by atoms with E-state index >= 15 is 0 Å². The lowest BCUT2D eigenvalue weighted by Gasteiger charge is -2.32. The van der Waals surface area contributed by atoms with Crippen molar-refractivity contribution in [2.45, 2.75) is 37.6 Å². The highest BCUT2D eigenvalue weighted by Crippen LogP contribution is 2.25. The molecule has 0 N–H and O–H groups in total. The molecule has 1 saturated heterocycles. The van der Waals surface area contributed by atoms with Crippen LogP contribution in [0.15, 0.2) is 53.4 Å². The lowest BCUT2D eigenvalue weighted by Crippen LogP contribution is -2.43. The van der Waals surface area contributed by atoms with Gasteiger partial charge < -0.3 is 4.90 Å². The standard InChI is InChI=1S/C23H27N3O3S/c1-3-18-4-6-20(7-5-18)17-25(2)23(27)21-12-14-26(15-13-21)30(28,29)22-10-8-19(16-24)9-11-22/h4-11,21H,3,12-15,17H2,1-2H3. The molecule has 2 aromatic carbocycles. The maximum absolute atomic E-state index is 12.8. The number of carbonyl (C=O) groups excluding carboxylic acids is 1. The Morgan fingerprint density at radius 3 is 2.17 bits per heavy atom. The van der Waals surface area contributed by atoms with Crippen molar-refractivity contribution in [3.63, 3.8) is 0 Å². The molecule has 0 atom stereocenters. The molecular weight excluding hydrogens is 398 g/mol. The first kappa shape index (κ1) is 22.0. The summed E-state index contributed by atoms with van der Waals surface area (Å²) in [5.41, 5.74) is 2.78. The van der Waals surface area contributed by atoms with Gasteiger partial charge in [-0.3, -0.25) is 4.79 Å². The SMILES string of the molecule is CCc1ccc(CN(C)C(=O)C2CCN(S(=O)(=O)c3ccc(C#N)cc3)CC2)cc1. The fourth-order valence-electron chi connectivity index (χ4n) is 3.74. The van der Waals surface area contributed by atoms with Crippen molar-refractivity contribution >= 4 is 15.9 Å². The van der Waals surface area contributed by atoms with Gasteiger partial charge in [-0.15, -0.1) is 0 Å². The molecule has 0 radical (unpaired) electrons. The summed E-state index contributed by atoms with van der Waals surface area (Å²) in [4.78, 5) is 14.8. The van der Waals surface area contributed by atoms with Crippen molar-refractivity contribution in [2.24, 2.45) is 5.92 Å². The van der Waals surface area contributed by atoms with Gasteiger partial charge in [-0.2, -0.15) is 9.57 Å². The van der Waals surface area contributed by atoms with E-state index in [2.05, 4.69) is 31.2 Å². The highest BCUT2D eigenvalue weighted by Gasteiger charge is 2.33. The normalized spacial score (nSPS) is 15.5. The number of sulfonamides is 1. The number of hydrogen-bond donors (Lipinski definition) is 0. The quantitative estimate of drug-likeness (QED) is 0.712. The number of hydrogen-bond acceptors (Lipinski definition) is 4. The van der Waals surface area contributed by atoms with Crippen molar-refractivity contribution in [3.8, 4) is 6.07 Å². The third-order valence-corrected chi connectivity index (χ3v) is 7.56. The summed E-state index contributed by atoms with van der Waals surface area (Å²) in [6, 6.07) is 16.2. The van der Waals surface area contributed by atoms with Gasteiger partial charge in [0.25, 0.3) is 0 Å². The first-order valence-electron chi connectivity index (χ1n) is 10.2. The number of nitrogens with zero attached hydrogens (tertiary/aromatic N) is 3. The minimum Gasteiger partial charge on any atom is -0.341 e. The molecule has 1 aliphatic rings. The Hall–Kier alpha value is -2.69. The zero-order valence-electron chi connectivity index (χ0n) is 17.4. The Balaban J connectivity index is 1.58. The van der Waals surface area contributed by atoms with E-state index in [4.69, 9.17) is 5.26 Å². The number of piperidine rings is 1. The van der Waals surface area contributed by atoms with Gasteiger partial charge in [0.15, 0.2) is 0 Å². The molecule has 0 bridgehead atoms. The van der Waals surface area contributed by atoms with Crippen molar-refractivity contribution in [1.82, 2.24) is 9.21 Å². The summed E-state index contributed by atoms with van der Waals surface area (Å²) in [7, 11) is -1.81. The van der Waals surface area contributed by atoms with Crippen LogP contribution in [0.1, 0.15) is 36.5 Å². The maximum Gasteiger partial charge on any atom is 0.243 e. The van der Waals surface area contributed by atoms with Crippen LogP contribution in [0, 0.1) is 17.2 Å². The lowest BCUT2D eigenvalue weighted by molar-refractivity contribution is -0.135. The summed E-state index contributed by atoms with van der Waals surface area (Å²) in [6.07, 6.45) is 2.00. The second kappa shape index (κ2) is 9.41. The molecule has 0 aliphatic carbocycles. The van der Waals surface area contributed by atoms with E-state index in [0.717, 1.165) is 12.0 Å². The van der Waals surface area contributed by atoms with Crippen molar-refractivity contribution in [2.75, 3.05) is 20.1 Å². The molecule has 0 saturated carbocycles. The predicted molar refractivity (Wildman–Crippen MR) is 115 cm³/mol. The third kappa shape index (κ3) is 4.89. The molecule has 1 aliphatic heterocycles. The summed E-state index contributed by atoms with van der Waals surface area (Å²) < 4.78 is 27.1. The van der Waals surface area contributed by atoms with E-state index in [1.165, 1.54) is 34.1 Å². The minimum atomic E-state index is -3.61. The first-order valence-corrected chi connectivity index (χ1v) is 11.6. The molecule has 30 heavy (non-hydrogen) atoms. The fraction of sp³-hybridized carbons (Fsp3) is 0.391. The van der Waals surface area contributed by atoms with Gasteiger partial charge in [-0.05, 0) is 54.7 Å².